The van der Waals surface area contributed by atoms with Crippen LogP contribution in [0.3, 0.4) is 0 Å². The van der Waals surface area contributed by atoms with Crippen LogP contribution < -0.4 is 5.56 Å². The van der Waals surface area contributed by atoms with E-state index in [4.69, 9.17) is 0 Å². The third kappa shape index (κ3) is 3.10. The van der Waals surface area contributed by atoms with Gasteiger partial charge in [0.25, 0.3) is 5.56 Å². The van der Waals surface area contributed by atoms with Gasteiger partial charge in [0.05, 0.1) is 29.0 Å². The Bertz CT molecular complexity index is 1630. The number of hydrogen-bond donors (Lipinski definition) is 1. The molecule has 0 aliphatic heterocycles. The largest absolute Gasteiger partial charge is 0.361 e. The van der Waals surface area contributed by atoms with E-state index in [0.29, 0.717) is 17.4 Å². The molecule has 0 unspecified atom stereocenters. The number of nitrogens with zero attached hydrogens (tertiary/aromatic N) is 4. The van der Waals surface area contributed by atoms with Crippen molar-refractivity contribution in [2.75, 3.05) is 0 Å². The Kier molecular flexibility index (Phi) is 4.14. The second-order valence-corrected chi connectivity index (χ2v) is 8.08. The molecule has 3 aromatic carbocycles. The minimum Gasteiger partial charge on any atom is -0.361 e. The van der Waals surface area contributed by atoms with E-state index < -0.39 is 0 Å². The number of H-pyrrole nitrogens is 1. The second kappa shape index (κ2) is 7.14. The molecule has 0 bridgehead atoms. The number of hydrogen-bond acceptors (Lipinski definition) is 5. The molecule has 7 heteroatoms. The van der Waals surface area contributed by atoms with Gasteiger partial charge in [-0.1, -0.05) is 30.3 Å². The van der Waals surface area contributed by atoms with E-state index in [-0.39, 0.29) is 5.56 Å². The Balaban J connectivity index is 1.36. The highest BCUT2D eigenvalue weighted by Gasteiger charge is 2.09. The topological polar surface area (TPSA) is 76.5 Å². The maximum absolute atomic E-state index is 13.2. The molecule has 0 aliphatic rings. The summed E-state index contributed by atoms with van der Waals surface area (Å²) in [5, 5.41) is 1.81. The standard InChI is InChI=1S/C24H17N5OS/c30-24-19-11-15(16-6-8-22-23(12-16)28-31-27-22)5-7-21(19)26-14-29(24)10-9-17-13-25-20-4-2-1-3-18(17)20/h1-8,11-14,25H,9-10H2. The fraction of sp³-hybridized carbons (Fsp3) is 0.0833. The van der Waals surface area contributed by atoms with Crippen molar-refractivity contribution in [3.8, 4) is 11.1 Å². The Morgan fingerprint density at radius 2 is 1.68 bits per heavy atom. The predicted molar refractivity (Wildman–Crippen MR) is 124 cm³/mol. The van der Waals surface area contributed by atoms with Crippen LogP contribution in [0.15, 0.2) is 78.0 Å². The van der Waals surface area contributed by atoms with E-state index in [2.05, 4.69) is 30.8 Å². The lowest BCUT2D eigenvalue weighted by Crippen LogP contribution is -2.21. The number of aromatic nitrogens is 5. The molecule has 31 heavy (non-hydrogen) atoms. The first kappa shape index (κ1) is 18.0. The van der Waals surface area contributed by atoms with Crippen LogP contribution in [-0.2, 0) is 13.0 Å². The molecule has 0 saturated heterocycles. The van der Waals surface area contributed by atoms with Crippen molar-refractivity contribution in [1.82, 2.24) is 23.3 Å². The number of aromatic amines is 1. The normalized spacial score (nSPS) is 11.6. The van der Waals surface area contributed by atoms with Crippen LogP contribution in [0.25, 0.3) is 44.0 Å². The number of fused-ring (bicyclic) bond motifs is 3. The number of rotatable bonds is 4. The van der Waals surface area contributed by atoms with Gasteiger partial charge in [-0.3, -0.25) is 9.36 Å². The molecular formula is C24H17N5OS. The van der Waals surface area contributed by atoms with Crippen LogP contribution in [-0.4, -0.2) is 23.3 Å². The fourth-order valence-corrected chi connectivity index (χ4v) is 4.56. The first-order valence-electron chi connectivity index (χ1n) is 10.0. The number of para-hydroxylation sites is 1. The predicted octanol–water partition coefficient (Wildman–Crippen LogP) is 4.79. The van der Waals surface area contributed by atoms with Crippen LogP contribution in [0.2, 0.25) is 0 Å². The van der Waals surface area contributed by atoms with Gasteiger partial charge in [-0.05, 0) is 53.4 Å². The maximum atomic E-state index is 13.2. The lowest BCUT2D eigenvalue weighted by Gasteiger charge is -2.08. The van der Waals surface area contributed by atoms with E-state index in [1.54, 1.807) is 10.9 Å². The van der Waals surface area contributed by atoms with Crippen molar-refractivity contribution in [2.45, 2.75) is 13.0 Å². The molecule has 150 valence electrons. The third-order valence-electron chi connectivity index (χ3n) is 5.71. The summed E-state index contributed by atoms with van der Waals surface area (Å²) in [6, 6.07) is 20.0. The minimum absolute atomic E-state index is 0.0249. The minimum atomic E-state index is -0.0249. The fourth-order valence-electron chi connectivity index (χ4n) is 4.04. The van der Waals surface area contributed by atoms with E-state index in [9.17, 15) is 4.79 Å². The molecule has 0 saturated carbocycles. The van der Waals surface area contributed by atoms with Gasteiger partial charge in [0.2, 0.25) is 0 Å². The average Bonchev–Trinajstić information content (AvgIpc) is 3.45. The van der Waals surface area contributed by atoms with Gasteiger partial charge in [0.15, 0.2) is 0 Å². The summed E-state index contributed by atoms with van der Waals surface area (Å²) < 4.78 is 10.3. The zero-order chi connectivity index (χ0) is 20.8. The first-order chi connectivity index (χ1) is 15.3. The van der Waals surface area contributed by atoms with Crippen molar-refractivity contribution in [3.63, 3.8) is 0 Å². The highest BCUT2D eigenvalue weighted by Crippen LogP contribution is 2.25. The molecule has 0 aliphatic carbocycles. The van der Waals surface area contributed by atoms with Crippen LogP contribution >= 0.6 is 11.7 Å². The molecular weight excluding hydrogens is 406 g/mol. The molecule has 0 fully saturated rings. The van der Waals surface area contributed by atoms with Gasteiger partial charge in [0, 0.05) is 23.6 Å². The molecule has 3 heterocycles. The van der Waals surface area contributed by atoms with Gasteiger partial charge in [-0.25, -0.2) is 4.98 Å². The lowest BCUT2D eigenvalue weighted by molar-refractivity contribution is 0.664. The number of nitrogens with one attached hydrogen (secondary N) is 1. The summed E-state index contributed by atoms with van der Waals surface area (Å²) in [4.78, 5) is 21.0. The van der Waals surface area contributed by atoms with Crippen molar-refractivity contribution >= 4 is 44.6 Å². The van der Waals surface area contributed by atoms with Gasteiger partial charge in [-0.15, -0.1) is 0 Å². The second-order valence-electron chi connectivity index (χ2n) is 7.55. The first-order valence-corrected chi connectivity index (χ1v) is 10.8. The van der Waals surface area contributed by atoms with Crippen LogP contribution in [0, 0.1) is 0 Å². The highest BCUT2D eigenvalue weighted by atomic mass is 32.1. The summed E-state index contributed by atoms with van der Waals surface area (Å²) in [7, 11) is 0. The molecule has 0 radical (unpaired) electrons. The smallest absolute Gasteiger partial charge is 0.261 e. The monoisotopic (exact) mass is 423 g/mol. The number of benzene rings is 3. The van der Waals surface area contributed by atoms with Crippen molar-refractivity contribution < 1.29 is 0 Å². The summed E-state index contributed by atoms with van der Waals surface area (Å²) in [6.07, 6.45) is 4.42. The molecule has 0 atom stereocenters. The molecule has 6 rings (SSSR count). The lowest BCUT2D eigenvalue weighted by atomic mass is 10.0. The molecule has 6 aromatic rings. The summed E-state index contributed by atoms with van der Waals surface area (Å²) in [5.74, 6) is 0. The van der Waals surface area contributed by atoms with E-state index in [0.717, 1.165) is 34.1 Å². The van der Waals surface area contributed by atoms with Crippen molar-refractivity contribution in [1.29, 1.82) is 0 Å². The highest BCUT2D eigenvalue weighted by molar-refractivity contribution is 7.00. The van der Waals surface area contributed by atoms with E-state index in [1.807, 2.05) is 54.7 Å². The van der Waals surface area contributed by atoms with Crippen molar-refractivity contribution in [2.24, 2.45) is 0 Å². The quantitative estimate of drug-likeness (QED) is 0.442. The van der Waals surface area contributed by atoms with Gasteiger partial charge >= 0.3 is 0 Å². The Labute approximate surface area is 181 Å². The number of aryl methyl sites for hydroxylation is 2. The zero-order valence-corrected chi connectivity index (χ0v) is 17.3. The molecule has 3 aromatic heterocycles. The molecule has 0 spiro atoms. The molecule has 0 amide bonds. The van der Waals surface area contributed by atoms with E-state index >= 15 is 0 Å². The molecule has 6 nitrogen and oxygen atoms in total. The van der Waals surface area contributed by atoms with Crippen molar-refractivity contribution in [3.05, 3.63) is 89.1 Å². The SMILES string of the molecule is O=c1c2cc(-c3ccc4nsnc4c3)ccc2ncn1CCc1c[nH]c2ccccc12. The summed E-state index contributed by atoms with van der Waals surface area (Å²) in [5.41, 5.74) is 6.71. The van der Waals surface area contributed by atoms with Gasteiger partial charge in [-0.2, -0.15) is 8.75 Å². The van der Waals surface area contributed by atoms with Crippen LogP contribution in [0.4, 0.5) is 0 Å². The average molecular weight is 424 g/mol. The Morgan fingerprint density at radius 3 is 2.61 bits per heavy atom. The van der Waals surface area contributed by atoms with E-state index in [1.165, 1.54) is 22.7 Å². The Hall–Kier alpha value is -3.84. The summed E-state index contributed by atoms with van der Waals surface area (Å²) in [6.45, 7) is 0.574. The molecule has 1 N–H and O–H groups in total. The van der Waals surface area contributed by atoms with Gasteiger partial charge < -0.3 is 4.98 Å². The Morgan fingerprint density at radius 1 is 0.871 bits per heavy atom. The summed E-state index contributed by atoms with van der Waals surface area (Å²) >= 11 is 1.20. The maximum Gasteiger partial charge on any atom is 0.261 e. The zero-order valence-electron chi connectivity index (χ0n) is 16.4. The third-order valence-corrected chi connectivity index (χ3v) is 6.26. The van der Waals surface area contributed by atoms with Gasteiger partial charge in [0.1, 0.15) is 11.0 Å². The van der Waals surface area contributed by atoms with Crippen LogP contribution in [0.5, 0.6) is 0 Å². The van der Waals surface area contributed by atoms with Crippen LogP contribution in [0.1, 0.15) is 5.56 Å².